The predicted octanol–water partition coefficient (Wildman–Crippen LogP) is 1.12. The minimum Gasteiger partial charge on any atom is -0.468 e. The van der Waals surface area contributed by atoms with E-state index in [9.17, 15) is 9.59 Å². The van der Waals surface area contributed by atoms with Crippen molar-refractivity contribution in [3.63, 3.8) is 0 Å². The number of carbonyl (C=O) groups excluding carboxylic acids is 2. The number of esters is 1. The van der Waals surface area contributed by atoms with Gasteiger partial charge in [-0.05, 0) is 31.4 Å². The summed E-state index contributed by atoms with van der Waals surface area (Å²) in [5.41, 5.74) is 0.610. The van der Waals surface area contributed by atoms with Gasteiger partial charge in [-0.3, -0.25) is 9.59 Å². The van der Waals surface area contributed by atoms with Crippen LogP contribution in [0.25, 0.3) is 0 Å². The molecular formula is C12H16N2O3. The number of methoxy groups -OCH3 is 1. The molecule has 0 aliphatic heterocycles. The smallest absolute Gasteiger partial charge is 0.325 e. The number of nitrogens with zero attached hydrogens (tertiary/aromatic N) is 1. The molecule has 5 nitrogen and oxygen atoms in total. The average Bonchev–Trinajstić information content (AvgIpc) is 2.72. The highest BCUT2D eigenvalue weighted by molar-refractivity contribution is 5.94. The molecule has 0 bridgehead atoms. The Morgan fingerprint density at radius 3 is 2.88 bits per heavy atom. The number of rotatable bonds is 4. The molecule has 1 aromatic rings. The van der Waals surface area contributed by atoms with Gasteiger partial charge in [-0.1, -0.05) is 0 Å². The number of hydrogen-bond donors (Lipinski definition) is 1. The maximum Gasteiger partial charge on any atom is 0.325 e. The molecular weight excluding hydrogens is 220 g/mol. The van der Waals surface area contributed by atoms with Crippen LogP contribution in [0.5, 0.6) is 0 Å². The minimum absolute atomic E-state index is 0.0921. The summed E-state index contributed by atoms with van der Waals surface area (Å²) in [5, 5.41) is 2.54. The highest BCUT2D eigenvalue weighted by Gasteiger charge is 2.23. The van der Waals surface area contributed by atoms with Crippen LogP contribution in [0, 0.1) is 0 Å². The summed E-state index contributed by atoms with van der Waals surface area (Å²) in [7, 11) is 1.30. The van der Waals surface area contributed by atoms with Gasteiger partial charge in [-0.15, -0.1) is 0 Å². The van der Waals surface area contributed by atoms with Gasteiger partial charge in [-0.2, -0.15) is 0 Å². The third-order valence-corrected chi connectivity index (χ3v) is 3.10. The Morgan fingerprint density at radius 2 is 2.29 bits per heavy atom. The molecule has 0 radical (unpaired) electrons. The molecule has 17 heavy (non-hydrogen) atoms. The fourth-order valence-corrected chi connectivity index (χ4v) is 1.88. The van der Waals surface area contributed by atoms with E-state index in [1.807, 2.05) is 16.8 Å². The van der Waals surface area contributed by atoms with Crippen LogP contribution in [-0.4, -0.2) is 30.1 Å². The third-order valence-electron chi connectivity index (χ3n) is 3.10. The quantitative estimate of drug-likeness (QED) is 0.797. The Hall–Kier alpha value is -1.78. The monoisotopic (exact) mass is 236 g/mol. The van der Waals surface area contributed by atoms with Crippen molar-refractivity contribution in [2.24, 2.45) is 0 Å². The lowest BCUT2D eigenvalue weighted by Gasteiger charge is -2.28. The van der Waals surface area contributed by atoms with Crippen LogP contribution in [0.3, 0.4) is 0 Å². The van der Waals surface area contributed by atoms with Crippen LogP contribution in [-0.2, 0) is 9.53 Å². The topological polar surface area (TPSA) is 60.3 Å². The van der Waals surface area contributed by atoms with E-state index >= 15 is 0 Å². The van der Waals surface area contributed by atoms with Gasteiger partial charge in [0.15, 0.2) is 0 Å². The second kappa shape index (κ2) is 5.03. The number of ether oxygens (including phenoxy) is 1. The van der Waals surface area contributed by atoms with Crippen LogP contribution >= 0.6 is 0 Å². The maximum absolute atomic E-state index is 11.9. The molecule has 0 aromatic carbocycles. The summed E-state index contributed by atoms with van der Waals surface area (Å²) in [5.74, 6) is -0.674. The lowest BCUT2D eigenvalue weighted by atomic mass is 9.93. The SMILES string of the molecule is COC(=O)CNC(=O)c1cccn1C1CCC1. The van der Waals surface area contributed by atoms with Crippen molar-refractivity contribution in [1.29, 1.82) is 0 Å². The van der Waals surface area contributed by atoms with Crippen LogP contribution in [0.4, 0.5) is 0 Å². The summed E-state index contributed by atoms with van der Waals surface area (Å²) in [6.45, 7) is -0.0921. The van der Waals surface area contributed by atoms with Gasteiger partial charge in [0.05, 0.1) is 7.11 Å². The van der Waals surface area contributed by atoms with E-state index in [1.165, 1.54) is 13.5 Å². The van der Waals surface area contributed by atoms with E-state index in [0.29, 0.717) is 11.7 Å². The largest absolute Gasteiger partial charge is 0.468 e. The number of hydrogen-bond acceptors (Lipinski definition) is 3. The zero-order valence-corrected chi connectivity index (χ0v) is 9.81. The summed E-state index contributed by atoms with van der Waals surface area (Å²) in [4.78, 5) is 22.8. The van der Waals surface area contributed by atoms with Crippen LogP contribution < -0.4 is 5.32 Å². The molecule has 5 heteroatoms. The average molecular weight is 236 g/mol. The molecule has 1 aromatic heterocycles. The van der Waals surface area contributed by atoms with Crippen LogP contribution in [0.2, 0.25) is 0 Å². The molecule has 0 spiro atoms. The third kappa shape index (κ3) is 2.49. The molecule has 92 valence electrons. The van der Waals surface area contributed by atoms with Crippen molar-refractivity contribution in [1.82, 2.24) is 9.88 Å². The van der Waals surface area contributed by atoms with Gasteiger partial charge >= 0.3 is 5.97 Å². The van der Waals surface area contributed by atoms with Crippen LogP contribution in [0.15, 0.2) is 18.3 Å². The molecule has 1 N–H and O–H groups in total. The van der Waals surface area contributed by atoms with Gasteiger partial charge in [0.25, 0.3) is 5.91 Å². The Balaban J connectivity index is 1.98. The summed E-state index contributed by atoms with van der Waals surface area (Å²) >= 11 is 0. The number of nitrogens with one attached hydrogen (secondary N) is 1. The van der Waals surface area contributed by atoms with Crippen LogP contribution in [0.1, 0.15) is 35.8 Å². The molecule has 0 saturated heterocycles. The Kier molecular flexibility index (Phi) is 3.46. The zero-order chi connectivity index (χ0) is 12.3. The summed E-state index contributed by atoms with van der Waals surface area (Å²) < 4.78 is 6.45. The van der Waals surface area contributed by atoms with E-state index in [0.717, 1.165) is 12.8 Å². The molecule has 1 aliphatic rings. The first-order valence-corrected chi connectivity index (χ1v) is 5.74. The molecule has 1 saturated carbocycles. The lowest BCUT2D eigenvalue weighted by molar-refractivity contribution is -0.139. The Morgan fingerprint density at radius 1 is 1.53 bits per heavy atom. The molecule has 2 rings (SSSR count). The highest BCUT2D eigenvalue weighted by Crippen LogP contribution is 2.32. The van der Waals surface area contributed by atoms with Crippen molar-refractivity contribution < 1.29 is 14.3 Å². The fraction of sp³-hybridized carbons (Fsp3) is 0.500. The van der Waals surface area contributed by atoms with Gasteiger partial charge in [0, 0.05) is 12.2 Å². The summed E-state index contributed by atoms with van der Waals surface area (Å²) in [6, 6.07) is 4.06. The van der Waals surface area contributed by atoms with E-state index in [4.69, 9.17) is 0 Å². The van der Waals surface area contributed by atoms with Crippen molar-refractivity contribution in [3.8, 4) is 0 Å². The normalized spacial score (nSPS) is 15.1. The zero-order valence-electron chi connectivity index (χ0n) is 9.81. The number of amides is 1. The second-order valence-corrected chi connectivity index (χ2v) is 4.14. The molecule has 0 atom stereocenters. The first kappa shape index (κ1) is 11.7. The first-order chi connectivity index (χ1) is 8.22. The van der Waals surface area contributed by atoms with E-state index in [1.54, 1.807) is 6.07 Å². The second-order valence-electron chi connectivity index (χ2n) is 4.14. The lowest BCUT2D eigenvalue weighted by Crippen LogP contribution is -2.32. The molecule has 1 amide bonds. The standard InChI is InChI=1S/C12H16N2O3/c1-17-11(15)8-13-12(16)10-6-3-7-14(10)9-4-2-5-9/h3,6-7,9H,2,4-5,8H2,1H3,(H,13,16). The van der Waals surface area contributed by atoms with Gasteiger partial charge in [0.1, 0.15) is 12.2 Å². The molecule has 0 unspecified atom stereocenters. The fourth-order valence-electron chi connectivity index (χ4n) is 1.88. The van der Waals surface area contributed by atoms with Crippen molar-refractivity contribution in [3.05, 3.63) is 24.0 Å². The molecule has 1 aliphatic carbocycles. The summed E-state index contributed by atoms with van der Waals surface area (Å²) in [6.07, 6.45) is 5.36. The van der Waals surface area contributed by atoms with E-state index in [2.05, 4.69) is 10.1 Å². The Labute approximate surface area is 99.8 Å². The van der Waals surface area contributed by atoms with Gasteiger partial charge in [0.2, 0.25) is 0 Å². The van der Waals surface area contributed by atoms with Crippen molar-refractivity contribution in [2.75, 3.05) is 13.7 Å². The predicted molar refractivity (Wildman–Crippen MR) is 61.7 cm³/mol. The Bertz CT molecular complexity index is 421. The number of carbonyl (C=O) groups is 2. The van der Waals surface area contributed by atoms with E-state index in [-0.39, 0.29) is 12.5 Å². The number of aromatic nitrogens is 1. The van der Waals surface area contributed by atoms with Gasteiger partial charge < -0.3 is 14.6 Å². The highest BCUT2D eigenvalue weighted by atomic mass is 16.5. The van der Waals surface area contributed by atoms with E-state index < -0.39 is 5.97 Å². The molecule has 1 heterocycles. The van der Waals surface area contributed by atoms with Crippen molar-refractivity contribution in [2.45, 2.75) is 25.3 Å². The van der Waals surface area contributed by atoms with Crippen molar-refractivity contribution >= 4 is 11.9 Å². The maximum atomic E-state index is 11.9. The first-order valence-electron chi connectivity index (χ1n) is 5.74. The minimum atomic E-state index is -0.444. The molecule has 1 fully saturated rings. The van der Waals surface area contributed by atoms with Gasteiger partial charge in [-0.25, -0.2) is 0 Å².